The molecule has 156 valence electrons. The van der Waals surface area contributed by atoms with Crippen LogP contribution in [0.3, 0.4) is 0 Å². The molecule has 0 bridgehead atoms. The average molecular weight is 390 g/mol. The Hall–Kier alpha value is -2.08. The van der Waals surface area contributed by atoms with E-state index < -0.39 is 0 Å². The number of piperidine rings is 1. The van der Waals surface area contributed by atoms with Crippen molar-refractivity contribution in [1.29, 1.82) is 0 Å². The minimum absolute atomic E-state index is 0.00179. The third kappa shape index (κ3) is 6.82. The number of rotatable bonds is 9. The van der Waals surface area contributed by atoms with E-state index in [0.29, 0.717) is 5.92 Å². The van der Waals surface area contributed by atoms with E-state index in [9.17, 15) is 9.59 Å². The third-order valence-electron chi connectivity index (χ3n) is 5.50. The van der Waals surface area contributed by atoms with Crippen LogP contribution in [0.25, 0.3) is 0 Å². The van der Waals surface area contributed by atoms with Crippen LogP contribution in [0.15, 0.2) is 24.3 Å². The molecule has 0 saturated carbocycles. The van der Waals surface area contributed by atoms with Crippen molar-refractivity contribution in [3.63, 3.8) is 0 Å². The number of likely N-dealkylation sites (tertiary alicyclic amines) is 1. The van der Waals surface area contributed by atoms with Crippen LogP contribution in [-0.2, 0) is 16.0 Å². The molecule has 0 aromatic heterocycles. The molecule has 0 aliphatic carbocycles. The number of hydrogen-bond acceptors (Lipinski definition) is 4. The number of carbonyl (C=O) groups is 2. The topological polar surface area (TPSA) is 53.1 Å². The highest BCUT2D eigenvalue weighted by Crippen LogP contribution is 2.21. The second-order valence-electron chi connectivity index (χ2n) is 7.93. The maximum atomic E-state index is 12.3. The van der Waals surface area contributed by atoms with Crippen LogP contribution in [0.5, 0.6) is 5.75 Å². The van der Waals surface area contributed by atoms with Gasteiger partial charge in [0.2, 0.25) is 11.8 Å². The molecule has 0 radical (unpaired) electrons. The predicted molar refractivity (Wildman–Crippen MR) is 111 cm³/mol. The van der Waals surface area contributed by atoms with E-state index in [1.165, 1.54) is 10.5 Å². The van der Waals surface area contributed by atoms with Gasteiger partial charge in [0.05, 0.1) is 7.11 Å². The Bertz CT molecular complexity index is 648. The molecule has 6 nitrogen and oxygen atoms in total. The van der Waals surface area contributed by atoms with Gasteiger partial charge >= 0.3 is 0 Å². The summed E-state index contributed by atoms with van der Waals surface area (Å²) in [5.41, 5.74) is 1.24. The molecule has 0 spiro atoms. The zero-order valence-electron chi connectivity index (χ0n) is 17.8. The van der Waals surface area contributed by atoms with Gasteiger partial charge in [0, 0.05) is 53.6 Å². The fourth-order valence-corrected chi connectivity index (χ4v) is 3.81. The fourth-order valence-electron chi connectivity index (χ4n) is 3.81. The molecule has 0 unspecified atom stereocenters. The number of para-hydroxylation sites is 1. The Morgan fingerprint density at radius 1 is 1.14 bits per heavy atom. The normalized spacial score (nSPS) is 17.2. The SMILES string of the molecule is COc1ccccc1CCN1CCC[C@H](CN(C)C(=O)CCC(=O)N(C)C)C1. The van der Waals surface area contributed by atoms with Crippen molar-refractivity contribution in [2.75, 3.05) is 54.4 Å². The second-order valence-corrected chi connectivity index (χ2v) is 7.93. The van der Waals surface area contributed by atoms with Gasteiger partial charge in [-0.15, -0.1) is 0 Å². The first-order chi connectivity index (χ1) is 13.4. The van der Waals surface area contributed by atoms with Gasteiger partial charge in [-0.2, -0.15) is 0 Å². The summed E-state index contributed by atoms with van der Waals surface area (Å²) >= 11 is 0. The Balaban J connectivity index is 1.77. The smallest absolute Gasteiger partial charge is 0.222 e. The van der Waals surface area contributed by atoms with Gasteiger partial charge in [0.1, 0.15) is 5.75 Å². The van der Waals surface area contributed by atoms with E-state index in [4.69, 9.17) is 4.74 Å². The molecular weight excluding hydrogens is 354 g/mol. The molecule has 1 atom stereocenters. The summed E-state index contributed by atoms with van der Waals surface area (Å²) in [6, 6.07) is 8.19. The molecule has 0 N–H and O–H groups in total. The number of amides is 2. The summed E-state index contributed by atoms with van der Waals surface area (Å²) in [5.74, 6) is 1.50. The van der Waals surface area contributed by atoms with E-state index >= 15 is 0 Å². The zero-order chi connectivity index (χ0) is 20.5. The zero-order valence-corrected chi connectivity index (χ0v) is 17.8. The van der Waals surface area contributed by atoms with Gasteiger partial charge in [0.25, 0.3) is 0 Å². The summed E-state index contributed by atoms with van der Waals surface area (Å²) in [4.78, 5) is 29.8. The van der Waals surface area contributed by atoms with Crippen LogP contribution < -0.4 is 4.74 Å². The second kappa shape index (κ2) is 11.1. The summed E-state index contributed by atoms with van der Waals surface area (Å²) in [5, 5.41) is 0. The summed E-state index contributed by atoms with van der Waals surface area (Å²) in [6.45, 7) is 3.90. The minimum Gasteiger partial charge on any atom is -0.496 e. The summed E-state index contributed by atoms with van der Waals surface area (Å²) < 4.78 is 5.45. The highest BCUT2D eigenvalue weighted by molar-refractivity contribution is 5.83. The molecule has 1 aliphatic rings. The van der Waals surface area contributed by atoms with Crippen LogP contribution in [0.4, 0.5) is 0 Å². The number of hydrogen-bond donors (Lipinski definition) is 0. The van der Waals surface area contributed by atoms with E-state index in [1.807, 2.05) is 19.2 Å². The lowest BCUT2D eigenvalue weighted by Crippen LogP contribution is -2.42. The lowest BCUT2D eigenvalue weighted by atomic mass is 9.97. The first-order valence-corrected chi connectivity index (χ1v) is 10.2. The van der Waals surface area contributed by atoms with E-state index in [2.05, 4.69) is 17.0 Å². The summed E-state index contributed by atoms with van der Waals surface area (Å²) in [7, 11) is 7.02. The van der Waals surface area contributed by atoms with Gasteiger partial charge in [-0.05, 0) is 43.4 Å². The molecule has 1 heterocycles. The van der Waals surface area contributed by atoms with Crippen molar-refractivity contribution >= 4 is 11.8 Å². The maximum absolute atomic E-state index is 12.3. The average Bonchev–Trinajstić information content (AvgIpc) is 2.70. The molecule has 1 fully saturated rings. The lowest BCUT2D eigenvalue weighted by Gasteiger charge is -2.35. The number of carbonyl (C=O) groups excluding carboxylic acids is 2. The number of ether oxygens (including phenoxy) is 1. The highest BCUT2D eigenvalue weighted by atomic mass is 16.5. The van der Waals surface area contributed by atoms with Gasteiger partial charge in [0.15, 0.2) is 0 Å². The number of benzene rings is 1. The first kappa shape index (κ1) is 22.2. The Labute approximate surface area is 169 Å². The van der Waals surface area contributed by atoms with E-state index in [1.54, 1.807) is 26.1 Å². The highest BCUT2D eigenvalue weighted by Gasteiger charge is 2.23. The van der Waals surface area contributed by atoms with Crippen molar-refractivity contribution in [3.8, 4) is 5.75 Å². The van der Waals surface area contributed by atoms with Gasteiger partial charge < -0.3 is 19.4 Å². The van der Waals surface area contributed by atoms with Gasteiger partial charge in [-0.3, -0.25) is 9.59 Å². The largest absolute Gasteiger partial charge is 0.496 e. The predicted octanol–water partition coefficient (Wildman–Crippen LogP) is 2.28. The molecule has 2 amide bonds. The summed E-state index contributed by atoms with van der Waals surface area (Å²) in [6.07, 6.45) is 3.86. The van der Waals surface area contributed by atoms with Crippen molar-refractivity contribution in [2.24, 2.45) is 5.92 Å². The van der Waals surface area contributed by atoms with E-state index in [-0.39, 0.29) is 24.7 Å². The maximum Gasteiger partial charge on any atom is 0.222 e. The van der Waals surface area contributed by atoms with Crippen molar-refractivity contribution < 1.29 is 14.3 Å². The molecule has 28 heavy (non-hydrogen) atoms. The molecule has 2 rings (SSSR count). The fraction of sp³-hybridized carbons (Fsp3) is 0.636. The van der Waals surface area contributed by atoms with Crippen LogP contribution in [0.1, 0.15) is 31.2 Å². The van der Waals surface area contributed by atoms with Gasteiger partial charge in [-0.25, -0.2) is 0 Å². The quantitative estimate of drug-likeness (QED) is 0.650. The Morgan fingerprint density at radius 2 is 1.86 bits per heavy atom. The van der Waals surface area contributed by atoms with Crippen LogP contribution in [0, 0.1) is 5.92 Å². The molecule has 1 aliphatic heterocycles. The van der Waals surface area contributed by atoms with Crippen molar-refractivity contribution in [3.05, 3.63) is 29.8 Å². The van der Waals surface area contributed by atoms with E-state index in [0.717, 1.165) is 51.2 Å². The van der Waals surface area contributed by atoms with Crippen LogP contribution in [0.2, 0.25) is 0 Å². The number of methoxy groups -OCH3 is 1. The number of nitrogens with zero attached hydrogens (tertiary/aromatic N) is 3. The molecule has 1 aromatic carbocycles. The molecule has 6 heteroatoms. The molecular formula is C22H35N3O3. The first-order valence-electron chi connectivity index (χ1n) is 10.2. The van der Waals surface area contributed by atoms with Gasteiger partial charge in [-0.1, -0.05) is 18.2 Å². The van der Waals surface area contributed by atoms with Crippen LogP contribution in [-0.4, -0.2) is 80.9 Å². The Kier molecular flexibility index (Phi) is 8.77. The third-order valence-corrected chi connectivity index (χ3v) is 5.50. The van der Waals surface area contributed by atoms with Crippen molar-refractivity contribution in [2.45, 2.75) is 32.1 Å². The standard InChI is InChI=1S/C22H35N3O3/c1-23(2)21(26)11-12-22(27)24(3)16-18-8-7-14-25(17-18)15-13-19-9-5-6-10-20(19)28-4/h5-6,9-10,18H,7-8,11-17H2,1-4H3/t18-/m1/s1. The molecule has 1 saturated heterocycles. The van der Waals surface area contributed by atoms with Crippen molar-refractivity contribution in [1.82, 2.24) is 14.7 Å². The monoisotopic (exact) mass is 389 g/mol. The lowest BCUT2D eigenvalue weighted by molar-refractivity contribution is -0.135. The molecule has 1 aromatic rings. The van der Waals surface area contributed by atoms with Crippen LogP contribution >= 0.6 is 0 Å². The minimum atomic E-state index is 0.00179. The Morgan fingerprint density at radius 3 is 2.57 bits per heavy atom.